The Balaban J connectivity index is 1.75. The van der Waals surface area contributed by atoms with Gasteiger partial charge in [0.15, 0.2) is 5.96 Å². The Labute approximate surface area is 152 Å². The SMILES string of the molecule is CCSC1CCCC(NC(=NC)NCC(C)N2CCOCC2C)C1. The number of nitrogens with one attached hydrogen (secondary N) is 2. The molecule has 140 valence electrons. The zero-order valence-electron chi connectivity index (χ0n) is 15.9. The molecule has 1 aliphatic heterocycles. The summed E-state index contributed by atoms with van der Waals surface area (Å²) in [5.74, 6) is 2.18. The van der Waals surface area contributed by atoms with Gasteiger partial charge in [-0.2, -0.15) is 11.8 Å². The molecule has 0 aromatic heterocycles. The van der Waals surface area contributed by atoms with E-state index in [1.807, 2.05) is 7.05 Å². The maximum absolute atomic E-state index is 5.54. The van der Waals surface area contributed by atoms with Crippen molar-refractivity contribution in [1.82, 2.24) is 15.5 Å². The van der Waals surface area contributed by atoms with Gasteiger partial charge in [-0.05, 0) is 38.9 Å². The zero-order chi connectivity index (χ0) is 17.4. The van der Waals surface area contributed by atoms with Gasteiger partial charge >= 0.3 is 0 Å². The lowest BCUT2D eigenvalue weighted by Crippen LogP contribution is -2.54. The Hall–Kier alpha value is -0.460. The molecule has 2 aliphatic rings. The Bertz CT molecular complexity index is 391. The van der Waals surface area contributed by atoms with Crippen LogP contribution in [0.3, 0.4) is 0 Å². The van der Waals surface area contributed by atoms with Crippen LogP contribution in [0.25, 0.3) is 0 Å². The lowest BCUT2D eigenvalue weighted by molar-refractivity contribution is -0.0174. The molecule has 5 nitrogen and oxygen atoms in total. The summed E-state index contributed by atoms with van der Waals surface area (Å²) in [5, 5.41) is 7.99. The molecular formula is C18H36N4OS. The normalized spacial score (nSPS) is 30.8. The molecule has 24 heavy (non-hydrogen) atoms. The molecule has 2 N–H and O–H groups in total. The highest BCUT2D eigenvalue weighted by atomic mass is 32.2. The Morgan fingerprint density at radius 2 is 2.25 bits per heavy atom. The maximum Gasteiger partial charge on any atom is 0.191 e. The third-order valence-electron chi connectivity index (χ3n) is 5.14. The lowest BCUT2D eigenvalue weighted by Gasteiger charge is -2.38. The van der Waals surface area contributed by atoms with Gasteiger partial charge in [0, 0.05) is 43.5 Å². The molecule has 1 saturated carbocycles. The van der Waals surface area contributed by atoms with Crippen molar-refractivity contribution in [3.05, 3.63) is 0 Å². The quantitative estimate of drug-likeness (QED) is 0.565. The van der Waals surface area contributed by atoms with Crippen LogP contribution in [0, 0.1) is 0 Å². The number of guanidine groups is 1. The van der Waals surface area contributed by atoms with Gasteiger partial charge in [0.2, 0.25) is 0 Å². The second kappa shape index (κ2) is 10.5. The number of morpholine rings is 1. The summed E-state index contributed by atoms with van der Waals surface area (Å²) in [6, 6.07) is 1.54. The second-order valence-electron chi connectivity index (χ2n) is 7.05. The van der Waals surface area contributed by atoms with Crippen molar-refractivity contribution in [2.75, 3.05) is 39.1 Å². The van der Waals surface area contributed by atoms with E-state index >= 15 is 0 Å². The smallest absolute Gasteiger partial charge is 0.191 e. The monoisotopic (exact) mass is 356 g/mol. The zero-order valence-corrected chi connectivity index (χ0v) is 16.7. The highest BCUT2D eigenvalue weighted by Crippen LogP contribution is 2.28. The summed E-state index contributed by atoms with van der Waals surface area (Å²) >= 11 is 2.11. The van der Waals surface area contributed by atoms with Gasteiger partial charge in [-0.25, -0.2) is 0 Å². The molecule has 0 radical (unpaired) electrons. The average molecular weight is 357 g/mol. The predicted octanol–water partition coefficient (Wildman–Crippen LogP) is 2.32. The molecule has 1 saturated heterocycles. The molecule has 0 bridgehead atoms. The summed E-state index contributed by atoms with van der Waals surface area (Å²) in [6.07, 6.45) is 5.22. The van der Waals surface area contributed by atoms with Crippen LogP contribution in [0.2, 0.25) is 0 Å². The van der Waals surface area contributed by atoms with Crippen molar-refractivity contribution >= 4 is 17.7 Å². The third kappa shape index (κ3) is 6.12. The van der Waals surface area contributed by atoms with E-state index in [1.165, 1.54) is 31.4 Å². The summed E-state index contributed by atoms with van der Waals surface area (Å²) in [7, 11) is 1.87. The van der Waals surface area contributed by atoms with Gasteiger partial charge in [-0.1, -0.05) is 13.3 Å². The fourth-order valence-corrected chi connectivity index (χ4v) is 4.98. The molecule has 1 heterocycles. The van der Waals surface area contributed by atoms with Gasteiger partial charge in [-0.3, -0.25) is 9.89 Å². The van der Waals surface area contributed by atoms with Crippen molar-refractivity contribution < 1.29 is 4.74 Å². The summed E-state index contributed by atoms with van der Waals surface area (Å²) in [5.41, 5.74) is 0. The van der Waals surface area contributed by atoms with Gasteiger partial charge < -0.3 is 15.4 Å². The predicted molar refractivity (Wildman–Crippen MR) is 105 cm³/mol. The van der Waals surface area contributed by atoms with Gasteiger partial charge in [-0.15, -0.1) is 0 Å². The fraction of sp³-hybridized carbons (Fsp3) is 0.944. The number of thioether (sulfide) groups is 1. The van der Waals surface area contributed by atoms with Crippen LogP contribution < -0.4 is 10.6 Å². The summed E-state index contributed by atoms with van der Waals surface area (Å²) in [6.45, 7) is 10.4. The molecule has 1 aliphatic carbocycles. The third-order valence-corrected chi connectivity index (χ3v) is 6.38. The lowest BCUT2D eigenvalue weighted by atomic mass is 9.95. The van der Waals surface area contributed by atoms with Gasteiger partial charge in [0.25, 0.3) is 0 Å². The van der Waals surface area contributed by atoms with E-state index in [-0.39, 0.29) is 0 Å². The van der Waals surface area contributed by atoms with E-state index in [0.717, 1.165) is 37.5 Å². The minimum Gasteiger partial charge on any atom is -0.379 e. The molecule has 6 heteroatoms. The van der Waals surface area contributed by atoms with Crippen LogP contribution in [0.4, 0.5) is 0 Å². The molecule has 0 aromatic rings. The molecule has 2 fully saturated rings. The summed E-state index contributed by atoms with van der Waals surface area (Å²) < 4.78 is 5.54. The number of hydrogen-bond donors (Lipinski definition) is 2. The first-order chi connectivity index (χ1) is 11.6. The van der Waals surface area contributed by atoms with E-state index in [2.05, 4.69) is 53.1 Å². The number of hydrogen-bond acceptors (Lipinski definition) is 4. The first kappa shape index (κ1) is 19.9. The van der Waals surface area contributed by atoms with Crippen LogP contribution in [-0.4, -0.2) is 73.3 Å². The Morgan fingerprint density at radius 3 is 2.96 bits per heavy atom. The van der Waals surface area contributed by atoms with Crippen LogP contribution in [0.15, 0.2) is 4.99 Å². The molecule has 0 aromatic carbocycles. The van der Waals surface area contributed by atoms with Crippen molar-refractivity contribution in [2.24, 2.45) is 4.99 Å². The molecule has 0 amide bonds. The minimum atomic E-state index is 0.484. The average Bonchev–Trinajstić information content (AvgIpc) is 2.59. The number of rotatable bonds is 6. The van der Waals surface area contributed by atoms with E-state index in [9.17, 15) is 0 Å². The van der Waals surface area contributed by atoms with Crippen LogP contribution in [-0.2, 0) is 4.74 Å². The largest absolute Gasteiger partial charge is 0.379 e. The first-order valence-corrected chi connectivity index (χ1v) is 10.6. The highest BCUT2D eigenvalue weighted by molar-refractivity contribution is 7.99. The molecule has 0 spiro atoms. The van der Waals surface area contributed by atoms with Crippen molar-refractivity contribution in [3.8, 4) is 0 Å². The highest BCUT2D eigenvalue weighted by Gasteiger charge is 2.25. The Kier molecular flexibility index (Phi) is 8.70. The van der Waals surface area contributed by atoms with E-state index < -0.39 is 0 Å². The van der Waals surface area contributed by atoms with Crippen LogP contribution in [0.1, 0.15) is 46.5 Å². The fourth-order valence-electron chi connectivity index (χ4n) is 3.81. The van der Waals surface area contributed by atoms with Crippen molar-refractivity contribution in [1.29, 1.82) is 0 Å². The van der Waals surface area contributed by atoms with Gasteiger partial charge in [0.05, 0.1) is 13.2 Å². The van der Waals surface area contributed by atoms with E-state index in [0.29, 0.717) is 18.1 Å². The number of aliphatic imine (C=N–C) groups is 1. The summed E-state index contributed by atoms with van der Waals surface area (Å²) in [4.78, 5) is 6.96. The van der Waals surface area contributed by atoms with Crippen molar-refractivity contribution in [3.63, 3.8) is 0 Å². The Morgan fingerprint density at radius 1 is 1.42 bits per heavy atom. The second-order valence-corrected chi connectivity index (χ2v) is 8.63. The first-order valence-electron chi connectivity index (χ1n) is 9.56. The van der Waals surface area contributed by atoms with Crippen LogP contribution in [0.5, 0.6) is 0 Å². The topological polar surface area (TPSA) is 48.9 Å². The van der Waals surface area contributed by atoms with E-state index in [1.54, 1.807) is 0 Å². The number of ether oxygens (including phenoxy) is 1. The van der Waals surface area contributed by atoms with Crippen molar-refractivity contribution in [2.45, 2.75) is 69.8 Å². The minimum absolute atomic E-state index is 0.484. The maximum atomic E-state index is 5.54. The standard InChI is InChI=1S/C18H36N4OS/c1-5-24-17-8-6-7-16(11-17)21-18(19-4)20-12-14(2)22-9-10-23-13-15(22)3/h14-17H,5-13H2,1-4H3,(H2,19,20,21). The molecule has 4 unspecified atom stereocenters. The molecule has 2 rings (SSSR count). The molecular weight excluding hydrogens is 320 g/mol. The molecule has 4 atom stereocenters. The number of nitrogens with zero attached hydrogens (tertiary/aromatic N) is 2. The van der Waals surface area contributed by atoms with Crippen LogP contribution >= 0.6 is 11.8 Å². The van der Waals surface area contributed by atoms with Gasteiger partial charge in [0.1, 0.15) is 0 Å². The van der Waals surface area contributed by atoms with E-state index in [4.69, 9.17) is 4.74 Å².